The summed E-state index contributed by atoms with van der Waals surface area (Å²) in [4.78, 5) is 10.9. The Hall–Kier alpha value is -1.93. The maximum Gasteiger partial charge on any atom is 0.460 e. The van der Waals surface area contributed by atoms with Crippen molar-refractivity contribution in [1.82, 2.24) is 0 Å². The first-order valence-electron chi connectivity index (χ1n) is 5.50. The molecule has 0 saturated heterocycles. The summed E-state index contributed by atoms with van der Waals surface area (Å²) in [7, 11) is 0. The average Bonchev–Trinajstić information content (AvgIpc) is 2.41. The van der Waals surface area contributed by atoms with Crippen LogP contribution in [0.15, 0.2) is 12.2 Å². The molecule has 0 spiro atoms. The van der Waals surface area contributed by atoms with Gasteiger partial charge in [-0.3, -0.25) is 0 Å². The van der Waals surface area contributed by atoms with Crippen molar-refractivity contribution >= 4 is 5.97 Å². The highest BCUT2D eigenvalue weighted by Crippen LogP contribution is 2.55. The van der Waals surface area contributed by atoms with Gasteiger partial charge in [0.25, 0.3) is 0 Å². The van der Waals surface area contributed by atoms with Gasteiger partial charge in [0.15, 0.2) is 0 Å². The number of carbonyl (C=O) groups is 1. The molecule has 23 heavy (non-hydrogen) atoms. The topological polar surface area (TPSA) is 50.1 Å². The molecule has 3 nitrogen and oxygen atoms in total. The van der Waals surface area contributed by atoms with Gasteiger partial charge in [-0.2, -0.15) is 44.8 Å². The fraction of sp³-hybridized carbons (Fsp3) is 0.636. The summed E-state index contributed by atoms with van der Waals surface area (Å²) in [5.74, 6) is -24.2. The van der Waals surface area contributed by atoms with Crippen LogP contribution in [0.3, 0.4) is 0 Å². The molecular weight excluding hydrogens is 349 g/mol. The normalized spacial score (nSPS) is 14.8. The number of halogens is 9. The van der Waals surface area contributed by atoms with Gasteiger partial charge in [-0.05, 0) is 0 Å². The Morgan fingerprint density at radius 3 is 1.87 bits per heavy atom. The number of alkyl halides is 9. The standard InChI is InChI=1S/C11H8F9NO2/c1-5(3-21)7(22)23-4-6(2)8(12,13)9(14,15)10(16,17)11(18,19)20/h6H,1,4H2,2H3. The second kappa shape index (κ2) is 6.29. The average molecular weight is 357 g/mol. The fourth-order valence-electron chi connectivity index (χ4n) is 1.13. The fourth-order valence-corrected chi connectivity index (χ4v) is 1.13. The second-order valence-corrected chi connectivity index (χ2v) is 4.36. The van der Waals surface area contributed by atoms with Crippen molar-refractivity contribution < 1.29 is 49.0 Å². The van der Waals surface area contributed by atoms with Gasteiger partial charge in [-0.1, -0.05) is 13.5 Å². The zero-order valence-electron chi connectivity index (χ0n) is 11.2. The quantitative estimate of drug-likeness (QED) is 0.315. The third-order valence-electron chi connectivity index (χ3n) is 2.63. The van der Waals surface area contributed by atoms with E-state index in [1.165, 1.54) is 0 Å². The lowest BCUT2D eigenvalue weighted by molar-refractivity contribution is -0.403. The van der Waals surface area contributed by atoms with Crippen LogP contribution in [-0.4, -0.2) is 36.5 Å². The van der Waals surface area contributed by atoms with Crippen molar-refractivity contribution in [2.75, 3.05) is 6.61 Å². The largest absolute Gasteiger partial charge is 0.461 e. The lowest BCUT2D eigenvalue weighted by Crippen LogP contribution is -2.63. The summed E-state index contributed by atoms with van der Waals surface area (Å²) in [6, 6.07) is 1.13. The third kappa shape index (κ3) is 3.70. The molecule has 0 aliphatic heterocycles. The van der Waals surface area contributed by atoms with Gasteiger partial charge in [0.1, 0.15) is 18.2 Å². The summed E-state index contributed by atoms with van der Waals surface area (Å²) in [5, 5.41) is 8.21. The highest BCUT2D eigenvalue weighted by molar-refractivity contribution is 5.91. The number of hydrogen-bond acceptors (Lipinski definition) is 3. The summed E-state index contributed by atoms with van der Waals surface area (Å²) in [6.45, 7) is 1.32. The van der Waals surface area contributed by atoms with Gasteiger partial charge < -0.3 is 4.74 Å². The van der Waals surface area contributed by atoms with Crippen molar-refractivity contribution in [3.63, 3.8) is 0 Å². The van der Waals surface area contributed by atoms with Gasteiger partial charge in [-0.15, -0.1) is 0 Å². The van der Waals surface area contributed by atoms with E-state index >= 15 is 0 Å². The van der Waals surface area contributed by atoms with Gasteiger partial charge in [0, 0.05) is 0 Å². The number of carbonyl (C=O) groups excluding carboxylic acids is 1. The Morgan fingerprint density at radius 2 is 1.52 bits per heavy atom. The van der Waals surface area contributed by atoms with Crippen molar-refractivity contribution in [3.8, 4) is 6.07 Å². The maximum absolute atomic E-state index is 13.3. The van der Waals surface area contributed by atoms with Crippen molar-refractivity contribution in [1.29, 1.82) is 5.26 Å². The van der Waals surface area contributed by atoms with E-state index in [1.54, 1.807) is 0 Å². The first-order valence-corrected chi connectivity index (χ1v) is 5.50. The van der Waals surface area contributed by atoms with E-state index in [0.717, 1.165) is 6.07 Å². The molecule has 0 saturated carbocycles. The van der Waals surface area contributed by atoms with Gasteiger partial charge in [0.2, 0.25) is 0 Å². The van der Waals surface area contributed by atoms with Crippen molar-refractivity contribution in [2.24, 2.45) is 5.92 Å². The molecule has 0 fully saturated rings. The number of hydrogen-bond donors (Lipinski definition) is 0. The summed E-state index contributed by atoms with van der Waals surface area (Å²) >= 11 is 0. The lowest BCUT2D eigenvalue weighted by Gasteiger charge is -2.36. The van der Waals surface area contributed by atoms with Crippen LogP contribution in [0, 0.1) is 17.2 Å². The van der Waals surface area contributed by atoms with E-state index in [1.807, 2.05) is 0 Å². The van der Waals surface area contributed by atoms with Gasteiger partial charge >= 0.3 is 29.9 Å². The third-order valence-corrected chi connectivity index (χ3v) is 2.63. The zero-order chi connectivity index (χ0) is 18.9. The van der Waals surface area contributed by atoms with Gasteiger partial charge in [-0.25, -0.2) is 4.79 Å². The van der Waals surface area contributed by atoms with Crippen LogP contribution in [0.25, 0.3) is 0 Å². The number of rotatable bonds is 6. The monoisotopic (exact) mass is 357 g/mol. The second-order valence-electron chi connectivity index (χ2n) is 4.36. The van der Waals surface area contributed by atoms with E-state index in [0.29, 0.717) is 0 Å². The molecule has 0 aliphatic rings. The van der Waals surface area contributed by atoms with Crippen LogP contribution in [0.2, 0.25) is 0 Å². The van der Waals surface area contributed by atoms with E-state index < -0.39 is 48.0 Å². The molecule has 0 aliphatic carbocycles. The van der Waals surface area contributed by atoms with Crippen LogP contribution >= 0.6 is 0 Å². The van der Waals surface area contributed by atoms with E-state index in [-0.39, 0.29) is 6.92 Å². The van der Waals surface area contributed by atoms with Crippen LogP contribution < -0.4 is 0 Å². The minimum atomic E-state index is -7.02. The smallest absolute Gasteiger partial charge is 0.460 e. The van der Waals surface area contributed by atoms with Crippen molar-refractivity contribution in [2.45, 2.75) is 30.9 Å². The summed E-state index contributed by atoms with van der Waals surface area (Å²) in [6.07, 6.45) is -6.93. The molecule has 1 unspecified atom stereocenters. The molecule has 0 bridgehead atoms. The Labute approximate surface area is 123 Å². The predicted molar refractivity (Wildman–Crippen MR) is 55.8 cm³/mol. The van der Waals surface area contributed by atoms with Crippen LogP contribution in [0.1, 0.15) is 6.92 Å². The molecule has 12 heteroatoms. The molecule has 0 radical (unpaired) electrons. The Bertz CT molecular complexity index is 519. The minimum absolute atomic E-state index is 0.169. The molecule has 0 rings (SSSR count). The minimum Gasteiger partial charge on any atom is -0.461 e. The Morgan fingerprint density at radius 1 is 1.09 bits per heavy atom. The van der Waals surface area contributed by atoms with Gasteiger partial charge in [0.05, 0.1) is 5.92 Å². The molecule has 132 valence electrons. The molecule has 0 aromatic heterocycles. The van der Waals surface area contributed by atoms with Crippen LogP contribution in [-0.2, 0) is 9.53 Å². The number of esters is 1. The first kappa shape index (κ1) is 21.1. The molecule has 0 aromatic carbocycles. The number of nitrogens with zero attached hydrogens (tertiary/aromatic N) is 1. The number of nitriles is 1. The van der Waals surface area contributed by atoms with Crippen molar-refractivity contribution in [3.05, 3.63) is 12.2 Å². The van der Waals surface area contributed by atoms with Crippen LogP contribution in [0.5, 0.6) is 0 Å². The molecule has 0 amide bonds. The zero-order valence-corrected chi connectivity index (χ0v) is 11.2. The maximum atomic E-state index is 13.3. The summed E-state index contributed by atoms with van der Waals surface area (Å²) in [5.41, 5.74) is -0.909. The van der Waals surface area contributed by atoms with E-state index in [9.17, 15) is 44.3 Å². The Balaban J connectivity index is 5.35. The molecular formula is C11H8F9NO2. The highest BCUT2D eigenvalue weighted by Gasteiger charge is 2.82. The first-order chi connectivity index (χ1) is 10.0. The molecule has 0 heterocycles. The molecule has 1 atom stereocenters. The van der Waals surface area contributed by atoms with E-state index in [4.69, 9.17) is 5.26 Å². The number of ether oxygens (including phenoxy) is 1. The SMILES string of the molecule is C=C(C#N)C(=O)OCC(C)C(F)(F)C(F)(F)C(F)(F)C(F)(F)F. The Kier molecular flexibility index (Phi) is 5.76. The van der Waals surface area contributed by atoms with Crippen LogP contribution in [0.4, 0.5) is 39.5 Å². The predicted octanol–water partition coefficient (Wildman–Crippen LogP) is 3.71. The highest BCUT2D eigenvalue weighted by atomic mass is 19.4. The lowest BCUT2D eigenvalue weighted by atomic mass is 9.93. The summed E-state index contributed by atoms with van der Waals surface area (Å²) < 4.78 is 118. The molecule has 0 N–H and O–H groups in total. The molecule has 0 aromatic rings. The van der Waals surface area contributed by atoms with E-state index in [2.05, 4.69) is 11.3 Å².